The van der Waals surface area contributed by atoms with Crippen molar-refractivity contribution in [1.82, 2.24) is 5.32 Å². The Bertz CT molecular complexity index is 163. The van der Waals surface area contributed by atoms with Crippen LogP contribution in [0.1, 0.15) is 59.8 Å². The van der Waals surface area contributed by atoms with Crippen LogP contribution in [0.15, 0.2) is 12.2 Å². The van der Waals surface area contributed by atoms with E-state index < -0.39 is 0 Å². The van der Waals surface area contributed by atoms with Crippen molar-refractivity contribution in [2.24, 2.45) is 5.92 Å². The van der Waals surface area contributed by atoms with Gasteiger partial charge < -0.3 is 5.32 Å². The smallest absolute Gasteiger partial charge is 0.0302 e. The third-order valence-electron chi connectivity index (χ3n) is 3.07. The molecule has 15 heavy (non-hydrogen) atoms. The Hall–Kier alpha value is -0.300. The molecule has 0 saturated carbocycles. The van der Waals surface area contributed by atoms with Gasteiger partial charge in [-0.2, -0.15) is 0 Å². The maximum Gasteiger partial charge on any atom is 0.0302 e. The Kier molecular flexibility index (Phi) is 8.79. The van der Waals surface area contributed by atoms with Crippen molar-refractivity contribution >= 4 is 0 Å². The first-order chi connectivity index (χ1) is 7.17. The number of rotatable bonds is 9. The number of unbranched alkanes of at least 4 members (excludes halogenated alkanes) is 1. The molecule has 0 spiro atoms. The molecule has 0 aromatic carbocycles. The van der Waals surface area contributed by atoms with Crippen LogP contribution in [0.3, 0.4) is 0 Å². The molecule has 0 rings (SSSR count). The van der Waals surface area contributed by atoms with Crippen LogP contribution < -0.4 is 5.32 Å². The molecule has 0 fully saturated rings. The van der Waals surface area contributed by atoms with Crippen LogP contribution in [-0.4, -0.2) is 12.6 Å². The molecule has 2 atom stereocenters. The van der Waals surface area contributed by atoms with Gasteiger partial charge in [0.1, 0.15) is 0 Å². The maximum absolute atomic E-state index is 4.12. The fraction of sp³-hybridized carbons (Fsp3) is 0.857. The van der Waals surface area contributed by atoms with E-state index >= 15 is 0 Å². The molecule has 0 bridgehead atoms. The van der Waals surface area contributed by atoms with Gasteiger partial charge in [-0.15, -0.1) is 0 Å². The molecule has 1 N–H and O–H groups in total. The second kappa shape index (κ2) is 8.96. The first-order valence-corrected chi connectivity index (χ1v) is 6.56. The lowest BCUT2D eigenvalue weighted by Gasteiger charge is -2.27. The van der Waals surface area contributed by atoms with Gasteiger partial charge in [0.2, 0.25) is 0 Å². The van der Waals surface area contributed by atoms with E-state index in [1.54, 1.807) is 0 Å². The van der Waals surface area contributed by atoms with Crippen molar-refractivity contribution in [3.8, 4) is 0 Å². The van der Waals surface area contributed by atoms with Gasteiger partial charge in [-0.1, -0.05) is 52.2 Å². The summed E-state index contributed by atoms with van der Waals surface area (Å²) in [7, 11) is 0. The zero-order valence-corrected chi connectivity index (χ0v) is 11.1. The molecule has 0 aromatic rings. The van der Waals surface area contributed by atoms with Gasteiger partial charge in [0.25, 0.3) is 0 Å². The number of nitrogens with one attached hydrogen (secondary N) is 1. The minimum absolute atomic E-state index is 0.529. The number of hydrogen-bond acceptors (Lipinski definition) is 1. The molecule has 0 aromatic heterocycles. The Morgan fingerprint density at radius 2 is 1.87 bits per heavy atom. The van der Waals surface area contributed by atoms with Crippen LogP contribution in [-0.2, 0) is 0 Å². The molecule has 0 heterocycles. The van der Waals surface area contributed by atoms with E-state index in [1.807, 2.05) is 0 Å². The van der Waals surface area contributed by atoms with Crippen LogP contribution in [0.4, 0.5) is 0 Å². The van der Waals surface area contributed by atoms with E-state index in [1.165, 1.54) is 37.7 Å². The Balaban J connectivity index is 4.20. The summed E-state index contributed by atoms with van der Waals surface area (Å²) in [6, 6.07) is 0.529. The third-order valence-corrected chi connectivity index (χ3v) is 3.07. The van der Waals surface area contributed by atoms with Crippen LogP contribution in [0.2, 0.25) is 0 Å². The van der Waals surface area contributed by atoms with Gasteiger partial charge >= 0.3 is 0 Å². The van der Waals surface area contributed by atoms with Gasteiger partial charge in [0, 0.05) is 6.04 Å². The zero-order valence-electron chi connectivity index (χ0n) is 11.1. The van der Waals surface area contributed by atoms with E-state index in [0.717, 1.165) is 12.5 Å². The highest BCUT2D eigenvalue weighted by molar-refractivity contribution is 5.04. The average molecular weight is 211 g/mol. The fourth-order valence-corrected chi connectivity index (χ4v) is 2.12. The zero-order chi connectivity index (χ0) is 11.7. The van der Waals surface area contributed by atoms with Crippen LogP contribution in [0, 0.1) is 5.92 Å². The SMILES string of the molecule is C=C(C)C(NCCC)C(CC)CCCC. The highest BCUT2D eigenvalue weighted by atomic mass is 14.9. The highest BCUT2D eigenvalue weighted by Crippen LogP contribution is 2.21. The van der Waals surface area contributed by atoms with Crippen molar-refractivity contribution < 1.29 is 0 Å². The van der Waals surface area contributed by atoms with Gasteiger partial charge in [-0.25, -0.2) is 0 Å². The molecule has 1 heteroatoms. The van der Waals surface area contributed by atoms with E-state index in [2.05, 4.69) is 39.6 Å². The molecular formula is C14H29N. The minimum Gasteiger partial charge on any atom is -0.310 e. The predicted molar refractivity (Wildman–Crippen MR) is 70.2 cm³/mol. The molecule has 0 radical (unpaired) electrons. The summed E-state index contributed by atoms with van der Waals surface area (Å²) in [6.07, 6.45) is 6.44. The lowest BCUT2D eigenvalue weighted by Crippen LogP contribution is -2.37. The summed E-state index contributed by atoms with van der Waals surface area (Å²) in [5.41, 5.74) is 1.30. The molecule has 0 aliphatic heterocycles. The maximum atomic E-state index is 4.12. The van der Waals surface area contributed by atoms with E-state index in [0.29, 0.717) is 6.04 Å². The Morgan fingerprint density at radius 3 is 2.27 bits per heavy atom. The second-order valence-corrected chi connectivity index (χ2v) is 4.59. The standard InChI is InChI=1S/C14H29N/c1-6-9-10-13(8-3)14(12(4)5)15-11-7-2/h13-15H,4,6-11H2,1-3,5H3. The van der Waals surface area contributed by atoms with Crippen molar-refractivity contribution in [3.05, 3.63) is 12.2 Å². The van der Waals surface area contributed by atoms with Crippen molar-refractivity contribution in [2.75, 3.05) is 6.54 Å². The third kappa shape index (κ3) is 5.99. The summed E-state index contributed by atoms with van der Waals surface area (Å²) < 4.78 is 0. The monoisotopic (exact) mass is 211 g/mol. The number of hydrogen-bond donors (Lipinski definition) is 1. The summed E-state index contributed by atoms with van der Waals surface area (Å²) in [5, 5.41) is 3.63. The van der Waals surface area contributed by atoms with E-state index in [4.69, 9.17) is 0 Å². The molecule has 0 aliphatic carbocycles. The first kappa shape index (κ1) is 14.7. The lowest BCUT2D eigenvalue weighted by atomic mass is 9.87. The molecule has 0 aliphatic rings. The normalized spacial score (nSPS) is 14.9. The lowest BCUT2D eigenvalue weighted by molar-refractivity contribution is 0.350. The van der Waals surface area contributed by atoms with E-state index in [9.17, 15) is 0 Å². The largest absolute Gasteiger partial charge is 0.310 e. The Labute approximate surface area is 96.3 Å². The quantitative estimate of drug-likeness (QED) is 0.565. The van der Waals surface area contributed by atoms with Gasteiger partial charge in [0.05, 0.1) is 0 Å². The van der Waals surface area contributed by atoms with Crippen molar-refractivity contribution in [3.63, 3.8) is 0 Å². The van der Waals surface area contributed by atoms with Gasteiger partial charge in [-0.05, 0) is 32.2 Å². The minimum atomic E-state index is 0.529. The molecule has 0 saturated heterocycles. The van der Waals surface area contributed by atoms with Crippen LogP contribution in [0.25, 0.3) is 0 Å². The van der Waals surface area contributed by atoms with E-state index in [-0.39, 0.29) is 0 Å². The average Bonchev–Trinajstić information content (AvgIpc) is 2.22. The summed E-state index contributed by atoms with van der Waals surface area (Å²) >= 11 is 0. The summed E-state index contributed by atoms with van der Waals surface area (Å²) in [5.74, 6) is 0.772. The molecule has 2 unspecified atom stereocenters. The van der Waals surface area contributed by atoms with Gasteiger partial charge in [0.15, 0.2) is 0 Å². The second-order valence-electron chi connectivity index (χ2n) is 4.59. The highest BCUT2D eigenvalue weighted by Gasteiger charge is 2.18. The van der Waals surface area contributed by atoms with Crippen LogP contribution >= 0.6 is 0 Å². The first-order valence-electron chi connectivity index (χ1n) is 6.56. The topological polar surface area (TPSA) is 12.0 Å². The molecule has 1 nitrogen and oxygen atoms in total. The van der Waals surface area contributed by atoms with Gasteiger partial charge in [-0.3, -0.25) is 0 Å². The molecule has 90 valence electrons. The van der Waals surface area contributed by atoms with Crippen LogP contribution in [0.5, 0.6) is 0 Å². The fourth-order valence-electron chi connectivity index (χ4n) is 2.12. The molecule has 0 amide bonds. The Morgan fingerprint density at radius 1 is 1.20 bits per heavy atom. The van der Waals surface area contributed by atoms with Crippen molar-refractivity contribution in [1.29, 1.82) is 0 Å². The summed E-state index contributed by atoms with van der Waals surface area (Å²) in [6.45, 7) is 14.2. The molecular weight excluding hydrogens is 182 g/mol. The predicted octanol–water partition coefficient (Wildman–Crippen LogP) is 4.15. The van der Waals surface area contributed by atoms with Crippen molar-refractivity contribution in [2.45, 2.75) is 65.8 Å². The summed E-state index contributed by atoms with van der Waals surface area (Å²) in [4.78, 5) is 0.